The van der Waals surface area contributed by atoms with Gasteiger partial charge in [-0.15, -0.1) is 0 Å². The van der Waals surface area contributed by atoms with E-state index in [0.29, 0.717) is 46.3 Å². The first-order chi connectivity index (χ1) is 53.9. The highest BCUT2D eigenvalue weighted by Crippen LogP contribution is 2.25. The summed E-state index contributed by atoms with van der Waals surface area (Å²) in [5.74, 6) is -12.1. The van der Waals surface area contributed by atoms with Crippen molar-refractivity contribution in [1.82, 2.24) is 104 Å². The highest BCUT2D eigenvalue weighted by atomic mass is 32.2. The molecule has 0 unspecified atom stereocenters. The van der Waals surface area contributed by atoms with E-state index < -0.39 is 175 Å². The Kier molecular flexibility index (Phi) is 33.5. The number of aliphatic carboxylic acids is 1. The second kappa shape index (κ2) is 43.2. The van der Waals surface area contributed by atoms with Gasteiger partial charge in [0.25, 0.3) is 5.91 Å². The van der Waals surface area contributed by atoms with Crippen molar-refractivity contribution < 1.29 is 77.0 Å². The number of H-pyrrole nitrogens is 3. The zero-order chi connectivity index (χ0) is 82.4. The number of carboxylic acids is 1. The lowest BCUT2D eigenvalue weighted by Gasteiger charge is -2.31. The fraction of sp³-hybridized carbons (Fsp3) is 0.493. The summed E-state index contributed by atoms with van der Waals surface area (Å²) < 4.78 is 0. The fourth-order valence-electron chi connectivity index (χ4n) is 13.0. The number of rotatable bonds is 42. The predicted molar refractivity (Wildman–Crippen MR) is 412 cm³/mol. The fourth-order valence-corrected chi connectivity index (χ4v) is 13.4. The molecule has 15 amide bonds. The van der Waals surface area contributed by atoms with Gasteiger partial charge >= 0.3 is 12.0 Å². The maximum absolute atomic E-state index is 15.0. The first kappa shape index (κ1) is 87.7. The maximum Gasteiger partial charge on any atom is 0.334 e. The van der Waals surface area contributed by atoms with Crippen LogP contribution in [0.1, 0.15) is 108 Å². The molecule has 113 heavy (non-hydrogen) atoms. The molecule has 5 aromatic rings. The summed E-state index contributed by atoms with van der Waals surface area (Å²) in [6.07, 6.45) is 7.60. The zero-order valence-corrected chi connectivity index (χ0v) is 63.8. The Labute approximate surface area is 653 Å². The molecular formula is C71H101N25O16S. The summed E-state index contributed by atoms with van der Waals surface area (Å²) in [6.45, 7) is 3.73. The SMILES string of the molecule is CSCC[C@H](NC(=O)[C@@H]1CCCN1C(=O)[C@H](Cc1c[nH]cn1)NC(=O)[C@H](Cc1c[nH]c2ccccc12)NC(=O)[C@H](CCCNC(=N)N)NC(=O)CNC(C)=O)C(=O)NNC(=O)N[C@@H](C)C(=O)N1CCC[C@H]1C(=O)N[C@@H](Cc1c[nH]c2ccccc12)C(=O)N[C@@H](CCC(=O)O)C(=O)N[C@H](C)C(=O)N[C@H](CCCNC(=N)N)C(N)=O. The van der Waals surface area contributed by atoms with Crippen molar-refractivity contribution in [2.75, 3.05) is 44.7 Å². The van der Waals surface area contributed by atoms with E-state index in [9.17, 15) is 72.2 Å². The van der Waals surface area contributed by atoms with Gasteiger partial charge in [-0.05, 0) is 113 Å². The number of imidazole rings is 1. The highest BCUT2D eigenvalue weighted by molar-refractivity contribution is 7.98. The van der Waals surface area contributed by atoms with E-state index in [2.05, 4.69) is 94.6 Å². The smallest absolute Gasteiger partial charge is 0.334 e. The second-order valence-electron chi connectivity index (χ2n) is 27.3. The number of thioether (sulfide) groups is 1. The van der Waals surface area contributed by atoms with E-state index in [1.807, 2.05) is 12.1 Å². The molecule has 41 nitrogen and oxygen atoms in total. The molecule has 2 aliphatic heterocycles. The van der Waals surface area contributed by atoms with Gasteiger partial charge in [-0.1, -0.05) is 36.4 Å². The van der Waals surface area contributed by atoms with Gasteiger partial charge in [-0.25, -0.2) is 15.2 Å². The number of amides is 15. The van der Waals surface area contributed by atoms with E-state index in [1.165, 1.54) is 54.9 Å². The van der Waals surface area contributed by atoms with Crippen molar-refractivity contribution in [2.45, 2.75) is 177 Å². The number of benzene rings is 2. The minimum absolute atomic E-state index is 0.00966. The molecule has 2 fully saturated rings. The van der Waals surface area contributed by atoms with Crippen molar-refractivity contribution in [3.05, 3.63) is 90.3 Å². The van der Waals surface area contributed by atoms with E-state index >= 15 is 4.79 Å². The van der Waals surface area contributed by atoms with E-state index in [-0.39, 0.29) is 102 Å². The van der Waals surface area contributed by atoms with Gasteiger partial charge < -0.3 is 111 Å². The van der Waals surface area contributed by atoms with Gasteiger partial charge in [0.1, 0.15) is 66.5 Å². The lowest BCUT2D eigenvalue weighted by Crippen LogP contribution is -2.61. The van der Waals surface area contributed by atoms with Crippen LogP contribution in [0.5, 0.6) is 0 Å². The van der Waals surface area contributed by atoms with Crippen LogP contribution in [0.3, 0.4) is 0 Å². The van der Waals surface area contributed by atoms with Crippen LogP contribution < -0.4 is 91.9 Å². The number of fused-ring (bicyclic) bond motifs is 2. The summed E-state index contributed by atoms with van der Waals surface area (Å²) in [5, 5.41) is 57.0. The Balaban J connectivity index is 0.997. The molecule has 5 heterocycles. The van der Waals surface area contributed by atoms with Gasteiger partial charge in [0.15, 0.2) is 11.9 Å². The van der Waals surface area contributed by atoms with Gasteiger partial charge in [-0.3, -0.25) is 83.4 Å². The largest absolute Gasteiger partial charge is 0.481 e. The number of primary amides is 1. The Morgan fingerprint density at radius 1 is 0.549 bits per heavy atom. The van der Waals surface area contributed by atoms with Crippen LogP contribution in [-0.2, 0) is 86.4 Å². The molecule has 42 heteroatoms. The Bertz CT molecular complexity index is 4250. The summed E-state index contributed by atoms with van der Waals surface area (Å²) in [4.78, 5) is 222. The number of carboxylic acid groups (broad SMARTS) is 1. The molecule has 0 saturated carbocycles. The first-order valence-electron chi connectivity index (χ1n) is 36.8. The Morgan fingerprint density at radius 3 is 1.58 bits per heavy atom. The van der Waals surface area contributed by atoms with Crippen molar-refractivity contribution in [1.29, 1.82) is 10.8 Å². The average Bonchev–Trinajstić information content (AvgIpc) is 1.72. The third-order valence-electron chi connectivity index (χ3n) is 18.8. The van der Waals surface area contributed by atoms with Crippen LogP contribution in [0.4, 0.5) is 4.79 Å². The van der Waals surface area contributed by atoms with Gasteiger partial charge in [0, 0.05) is 99.2 Å². The number of carbonyl (C=O) groups excluding carboxylic acids is 14. The molecule has 2 aliphatic rings. The van der Waals surface area contributed by atoms with Crippen LogP contribution in [0.15, 0.2) is 73.4 Å². The molecule has 0 aliphatic carbocycles. The molecular weight excluding hydrogens is 1490 g/mol. The molecule has 0 radical (unpaired) electrons. The van der Waals surface area contributed by atoms with E-state index in [4.69, 9.17) is 28.0 Å². The third kappa shape index (κ3) is 26.9. The molecule has 2 aromatic carbocycles. The normalized spacial score (nSPS) is 16.1. The summed E-state index contributed by atoms with van der Waals surface area (Å²) in [5.41, 5.74) is 23.7. The third-order valence-corrected chi connectivity index (χ3v) is 19.4. The number of hydrazine groups is 1. The summed E-state index contributed by atoms with van der Waals surface area (Å²) in [7, 11) is 0. The lowest BCUT2D eigenvalue weighted by molar-refractivity contribution is -0.142. The number of hydrogen-bond donors (Lipinski definition) is 23. The topological polar surface area (TPSA) is 637 Å². The van der Waals surface area contributed by atoms with Crippen LogP contribution in [-0.4, -0.2) is 247 Å². The van der Waals surface area contributed by atoms with Crippen LogP contribution in [0, 0.1) is 10.8 Å². The number of hydrogen-bond acceptors (Lipinski definition) is 19. The summed E-state index contributed by atoms with van der Waals surface area (Å²) in [6, 6.07) is -1.68. The lowest BCUT2D eigenvalue weighted by atomic mass is 10.0. The second-order valence-corrected chi connectivity index (χ2v) is 28.3. The highest BCUT2D eigenvalue weighted by Gasteiger charge is 2.42. The molecule has 2 saturated heterocycles. The average molecular weight is 1590 g/mol. The van der Waals surface area contributed by atoms with Crippen LogP contribution >= 0.6 is 11.8 Å². The minimum atomic E-state index is -1.61. The quantitative estimate of drug-likeness (QED) is 0.00762. The molecule has 7 rings (SSSR count). The summed E-state index contributed by atoms with van der Waals surface area (Å²) >= 11 is 1.34. The number of aromatic amines is 3. The molecule has 0 spiro atoms. The van der Waals surface area contributed by atoms with Gasteiger partial charge in [0.05, 0.1) is 18.6 Å². The number of urea groups is 1. The van der Waals surface area contributed by atoms with Crippen molar-refractivity contribution >= 4 is 134 Å². The number of nitrogens with one attached hydrogen (secondary N) is 19. The number of likely N-dealkylation sites (tertiary alicyclic amines) is 2. The molecule has 3 aromatic heterocycles. The zero-order valence-electron chi connectivity index (χ0n) is 63.0. The number of para-hydroxylation sites is 2. The number of nitrogens with two attached hydrogens (primary N) is 3. The number of carbonyl (C=O) groups is 15. The van der Waals surface area contributed by atoms with Crippen molar-refractivity contribution in [2.24, 2.45) is 17.2 Å². The first-order valence-corrected chi connectivity index (χ1v) is 38.2. The molecule has 0 bridgehead atoms. The minimum Gasteiger partial charge on any atom is -0.481 e. The van der Waals surface area contributed by atoms with Crippen LogP contribution in [0.25, 0.3) is 21.8 Å². The monoisotopic (exact) mass is 1590 g/mol. The van der Waals surface area contributed by atoms with Crippen LogP contribution in [0.2, 0.25) is 0 Å². The van der Waals surface area contributed by atoms with Crippen molar-refractivity contribution in [3.63, 3.8) is 0 Å². The molecule has 612 valence electrons. The van der Waals surface area contributed by atoms with Gasteiger partial charge in [-0.2, -0.15) is 11.8 Å². The predicted octanol–water partition coefficient (Wildman–Crippen LogP) is -4.23. The molecule has 26 N–H and O–H groups in total. The maximum atomic E-state index is 15.0. The Hall–Kier alpha value is -12.5. The standard InChI is InChI=1S/C71H101N25O16S/c1-37(59(102)87-47(58(72)101)17-9-24-78-69(73)74)84-60(103)49(21-22-57(99)100)88-62(105)52(30-41-33-82-46-16-8-6-14-44(41)46)91-66(109)54-19-11-26-95(54)67(110)38(2)85-71(112)94-93-64(107)50(23-28-113-4)89-65(108)55-20-12-27-96(55)68(111)53(31-42-34-77-36-83-42)92-63(106)51(29-40-32-81-45-15-7-5-13-43(40)45)90-61(104)48(18-10-25-79-70(75)76)86-56(98)35-80-39(3)97/h5-8,13-16,32-34,36-38,47-55,81-82H,9-12,17-31,35H2,1-4H3,(H2,72,101)(H,77,83)(H,80,97)(H,84,103)(H,86,98)(H,87,102)(H,88,105)(H,89,108)(H,90,104)(H,91,109)(H,92,106)(H,93,107)(H,99,100)(H4,73,74,78)(H4,75,76,79)(H2,85,94,112)/t37-,38+,47-,48+,49+,50+,51+,52+,53+,54+,55+/m1/s1. The van der Waals surface area contributed by atoms with Crippen molar-refractivity contribution in [3.8, 4) is 0 Å². The van der Waals surface area contributed by atoms with E-state index in [0.717, 1.165) is 10.9 Å². The number of guanidine groups is 2. The van der Waals surface area contributed by atoms with Gasteiger partial charge in [0.2, 0.25) is 70.9 Å². The molecule has 11 atom stereocenters. The van der Waals surface area contributed by atoms with E-state index in [1.54, 1.807) is 55.0 Å². The number of nitrogens with zero attached hydrogens (tertiary/aromatic N) is 3. The Morgan fingerprint density at radius 2 is 1.04 bits per heavy atom. The number of aromatic nitrogens is 4.